The van der Waals surface area contributed by atoms with Crippen molar-refractivity contribution in [1.82, 2.24) is 19.3 Å². The molecule has 2 aromatic heterocycles. The Morgan fingerprint density at radius 1 is 1.30 bits per heavy atom. The summed E-state index contributed by atoms with van der Waals surface area (Å²) >= 11 is 5.94. The summed E-state index contributed by atoms with van der Waals surface area (Å²) in [5.41, 5.74) is 2.02. The summed E-state index contributed by atoms with van der Waals surface area (Å²) in [6, 6.07) is 3.53. The monoisotopic (exact) mass is 462 g/mol. The van der Waals surface area contributed by atoms with Crippen LogP contribution in [0.3, 0.4) is 0 Å². The van der Waals surface area contributed by atoms with Crippen LogP contribution in [0.5, 0.6) is 0 Å². The van der Waals surface area contributed by atoms with Crippen molar-refractivity contribution in [3.63, 3.8) is 0 Å². The number of halogens is 4. The molecular formula is C17H18ClF3N6O2S. The predicted octanol–water partition coefficient (Wildman–Crippen LogP) is 3.45. The van der Waals surface area contributed by atoms with Crippen LogP contribution in [0.2, 0.25) is 5.02 Å². The second kappa shape index (κ2) is 8.02. The molecule has 0 aliphatic heterocycles. The van der Waals surface area contributed by atoms with Gasteiger partial charge in [0.05, 0.1) is 27.7 Å². The molecule has 8 nitrogen and oxygen atoms in total. The van der Waals surface area contributed by atoms with Crippen molar-refractivity contribution < 1.29 is 21.6 Å². The van der Waals surface area contributed by atoms with E-state index in [4.69, 9.17) is 17.4 Å². The molecule has 1 aromatic carbocycles. The Bertz CT molecular complexity index is 1200. The zero-order chi connectivity index (χ0) is 22.3. The number of aryl methyl sites for hydroxylation is 1. The fraction of sp³-hybridized carbons (Fsp3) is 0.294. The number of anilines is 1. The number of rotatable bonds is 6. The van der Waals surface area contributed by atoms with Crippen LogP contribution in [0, 0.1) is 0 Å². The van der Waals surface area contributed by atoms with Gasteiger partial charge in [-0.1, -0.05) is 11.6 Å². The standard InChI is InChI=1S/C17H18ClF3N6O2S/c1-3-27-14-6-10(17(19,20)21)4-5-13(14)24-16(27)9(2)26-30(28,29)11-7-12(18)15(25-22)23-8-11/h4-9,26H,3,22H2,1-2H3,(H,23,25)/t9-/m1/s1. The number of aromatic nitrogens is 3. The number of nitrogens with two attached hydrogens (primary N) is 1. The maximum absolute atomic E-state index is 13.1. The average molecular weight is 463 g/mol. The van der Waals surface area contributed by atoms with Crippen molar-refractivity contribution in [1.29, 1.82) is 0 Å². The number of sulfonamides is 1. The van der Waals surface area contributed by atoms with Crippen molar-refractivity contribution in [2.75, 3.05) is 5.43 Å². The van der Waals surface area contributed by atoms with Gasteiger partial charge in [-0.25, -0.2) is 29.0 Å². The minimum Gasteiger partial charge on any atom is -0.327 e. The highest BCUT2D eigenvalue weighted by Crippen LogP contribution is 2.32. The Morgan fingerprint density at radius 3 is 2.57 bits per heavy atom. The molecule has 4 N–H and O–H groups in total. The number of imidazole rings is 1. The molecule has 0 aliphatic rings. The number of nitrogens with zero attached hydrogens (tertiary/aromatic N) is 3. The van der Waals surface area contributed by atoms with Gasteiger partial charge < -0.3 is 9.99 Å². The molecule has 3 aromatic rings. The van der Waals surface area contributed by atoms with Crippen molar-refractivity contribution in [2.24, 2.45) is 5.84 Å². The molecule has 0 amide bonds. The molecule has 3 rings (SSSR count). The van der Waals surface area contributed by atoms with Crippen LogP contribution in [-0.2, 0) is 22.7 Å². The third-order valence-electron chi connectivity index (χ3n) is 4.40. The molecule has 0 spiro atoms. The summed E-state index contributed by atoms with van der Waals surface area (Å²) in [7, 11) is -4.05. The van der Waals surface area contributed by atoms with Crippen LogP contribution >= 0.6 is 11.6 Å². The van der Waals surface area contributed by atoms with E-state index >= 15 is 0 Å². The number of nitrogens with one attached hydrogen (secondary N) is 2. The van der Waals surface area contributed by atoms with Crippen LogP contribution < -0.4 is 16.0 Å². The second-order valence-electron chi connectivity index (χ2n) is 6.40. The van der Waals surface area contributed by atoms with Gasteiger partial charge in [-0.3, -0.25) is 0 Å². The lowest BCUT2D eigenvalue weighted by Gasteiger charge is -2.16. The van der Waals surface area contributed by atoms with Gasteiger partial charge >= 0.3 is 6.18 Å². The minimum atomic E-state index is -4.50. The largest absolute Gasteiger partial charge is 0.416 e. The Balaban J connectivity index is 1.98. The van der Waals surface area contributed by atoms with Gasteiger partial charge in [0.1, 0.15) is 10.7 Å². The van der Waals surface area contributed by atoms with E-state index in [0.29, 0.717) is 12.1 Å². The van der Waals surface area contributed by atoms with Crippen LogP contribution in [0.15, 0.2) is 35.4 Å². The number of hydrogen-bond donors (Lipinski definition) is 3. The van der Waals surface area contributed by atoms with Crippen LogP contribution in [0.25, 0.3) is 11.0 Å². The number of hydrazine groups is 1. The predicted molar refractivity (Wildman–Crippen MR) is 106 cm³/mol. The van der Waals surface area contributed by atoms with Gasteiger partial charge in [-0.2, -0.15) is 13.2 Å². The summed E-state index contributed by atoms with van der Waals surface area (Å²) in [6.07, 6.45) is -3.42. The quantitative estimate of drug-likeness (QED) is 0.382. The molecule has 0 bridgehead atoms. The van der Waals surface area contributed by atoms with E-state index in [-0.39, 0.29) is 27.1 Å². The van der Waals surface area contributed by atoms with E-state index in [2.05, 4.69) is 20.1 Å². The zero-order valence-corrected chi connectivity index (χ0v) is 17.4. The molecule has 0 aliphatic carbocycles. The van der Waals surface area contributed by atoms with E-state index in [1.165, 1.54) is 16.7 Å². The Kier molecular flexibility index (Phi) is 5.96. The summed E-state index contributed by atoms with van der Waals surface area (Å²) in [5.74, 6) is 5.61. The lowest BCUT2D eigenvalue weighted by Crippen LogP contribution is -2.29. The number of hydrogen-bond acceptors (Lipinski definition) is 6. The molecule has 0 fully saturated rings. The maximum atomic E-state index is 13.1. The Hall–Kier alpha value is -2.41. The van der Waals surface area contributed by atoms with Gasteiger partial charge in [0.25, 0.3) is 0 Å². The van der Waals surface area contributed by atoms with Gasteiger partial charge in [-0.05, 0) is 38.1 Å². The van der Waals surface area contributed by atoms with Gasteiger partial charge in [-0.15, -0.1) is 0 Å². The Labute approximate surface area is 175 Å². The summed E-state index contributed by atoms with van der Waals surface area (Å²) < 4.78 is 68.6. The molecule has 30 heavy (non-hydrogen) atoms. The first-order valence-corrected chi connectivity index (χ1v) is 10.6. The van der Waals surface area contributed by atoms with E-state index in [1.807, 2.05) is 0 Å². The summed E-state index contributed by atoms with van der Waals surface area (Å²) in [5, 5.41) is 0.00787. The maximum Gasteiger partial charge on any atom is 0.416 e. The third kappa shape index (κ3) is 4.21. The van der Waals surface area contributed by atoms with E-state index < -0.39 is 27.8 Å². The highest BCUT2D eigenvalue weighted by atomic mass is 35.5. The number of benzene rings is 1. The zero-order valence-electron chi connectivity index (χ0n) is 15.8. The lowest BCUT2D eigenvalue weighted by atomic mass is 10.2. The van der Waals surface area contributed by atoms with Crippen molar-refractivity contribution in [3.8, 4) is 0 Å². The fourth-order valence-electron chi connectivity index (χ4n) is 3.01. The third-order valence-corrected chi connectivity index (χ3v) is 6.20. The first-order chi connectivity index (χ1) is 14.0. The highest BCUT2D eigenvalue weighted by Gasteiger charge is 2.31. The first-order valence-electron chi connectivity index (χ1n) is 8.69. The molecule has 162 valence electrons. The molecule has 0 saturated carbocycles. The second-order valence-corrected chi connectivity index (χ2v) is 8.53. The van der Waals surface area contributed by atoms with E-state index in [9.17, 15) is 21.6 Å². The smallest absolute Gasteiger partial charge is 0.327 e. The number of nitrogen functional groups attached to an aromatic ring is 1. The lowest BCUT2D eigenvalue weighted by molar-refractivity contribution is -0.137. The molecule has 0 saturated heterocycles. The van der Waals surface area contributed by atoms with Crippen LogP contribution in [0.1, 0.15) is 31.3 Å². The van der Waals surface area contributed by atoms with Crippen LogP contribution in [0.4, 0.5) is 19.0 Å². The highest BCUT2D eigenvalue weighted by molar-refractivity contribution is 7.89. The van der Waals surface area contributed by atoms with E-state index in [0.717, 1.165) is 18.3 Å². The Morgan fingerprint density at radius 2 is 2.00 bits per heavy atom. The fourth-order valence-corrected chi connectivity index (χ4v) is 4.46. The molecular weight excluding hydrogens is 445 g/mol. The van der Waals surface area contributed by atoms with E-state index in [1.54, 1.807) is 13.8 Å². The number of pyridine rings is 1. The van der Waals surface area contributed by atoms with Crippen molar-refractivity contribution in [2.45, 2.75) is 37.5 Å². The van der Waals surface area contributed by atoms with Gasteiger partial charge in [0.2, 0.25) is 10.0 Å². The average Bonchev–Trinajstić information content (AvgIpc) is 3.04. The normalized spacial score (nSPS) is 13.6. The number of fused-ring (bicyclic) bond motifs is 1. The van der Waals surface area contributed by atoms with Gasteiger partial charge in [0, 0.05) is 12.7 Å². The van der Waals surface area contributed by atoms with Crippen molar-refractivity contribution >= 4 is 38.5 Å². The molecule has 1 atom stereocenters. The first kappa shape index (κ1) is 22.3. The molecule has 2 heterocycles. The number of alkyl halides is 3. The van der Waals surface area contributed by atoms with Gasteiger partial charge in [0.15, 0.2) is 5.82 Å². The van der Waals surface area contributed by atoms with Crippen LogP contribution in [-0.4, -0.2) is 23.0 Å². The molecule has 13 heteroatoms. The summed E-state index contributed by atoms with van der Waals surface area (Å²) in [4.78, 5) is 7.96. The topological polar surface area (TPSA) is 115 Å². The SMILES string of the molecule is CCn1c([C@@H](C)NS(=O)(=O)c2cnc(NN)c(Cl)c2)nc2ccc(C(F)(F)F)cc21. The summed E-state index contributed by atoms with van der Waals surface area (Å²) in [6.45, 7) is 3.57. The molecule has 0 radical (unpaired) electrons. The molecule has 0 unspecified atom stereocenters. The minimum absolute atomic E-state index is 0.00787. The van der Waals surface area contributed by atoms with Crippen molar-refractivity contribution in [3.05, 3.63) is 46.9 Å².